The highest BCUT2D eigenvalue weighted by molar-refractivity contribution is 14.1. The van der Waals surface area contributed by atoms with Crippen LogP contribution in [0.25, 0.3) is 0 Å². The molecule has 0 fully saturated rings. The van der Waals surface area contributed by atoms with Gasteiger partial charge < -0.3 is 4.74 Å². The van der Waals surface area contributed by atoms with Crippen LogP contribution in [0.4, 0.5) is 30.7 Å². The number of pyridine rings is 1. The van der Waals surface area contributed by atoms with E-state index in [2.05, 4.69) is 9.72 Å². The molecule has 2 nitrogen and oxygen atoms in total. The minimum absolute atomic E-state index is 0.0778. The highest BCUT2D eigenvalue weighted by Gasteiger charge is 2.37. The van der Waals surface area contributed by atoms with Gasteiger partial charge in [0.1, 0.15) is 18.1 Å². The molecule has 0 spiro atoms. The van der Waals surface area contributed by atoms with E-state index in [1.54, 1.807) is 0 Å². The van der Waals surface area contributed by atoms with Gasteiger partial charge in [0, 0.05) is 6.07 Å². The third-order valence-electron chi connectivity index (χ3n) is 1.64. The fraction of sp³-hybridized carbons (Fsp3) is 0.375. The van der Waals surface area contributed by atoms with Crippen molar-refractivity contribution in [1.82, 2.24) is 4.98 Å². The van der Waals surface area contributed by atoms with Crippen molar-refractivity contribution in [2.45, 2.75) is 19.2 Å². The van der Waals surface area contributed by atoms with E-state index in [9.17, 15) is 30.7 Å². The molecule has 0 radical (unpaired) electrons. The Kier molecular flexibility index (Phi) is 4.28. The molecule has 1 aromatic rings. The molecule has 0 saturated heterocycles. The lowest BCUT2D eigenvalue weighted by molar-refractivity contribution is -0.275. The minimum Gasteiger partial charge on any atom is -0.405 e. The Morgan fingerprint density at radius 3 is 2.11 bits per heavy atom. The number of rotatable bonds is 2. The van der Waals surface area contributed by atoms with Crippen molar-refractivity contribution < 1.29 is 35.5 Å². The molecule has 0 amide bonds. The predicted octanol–water partition coefficient (Wildman–Crippen LogP) is 4.07. The van der Waals surface area contributed by atoms with Gasteiger partial charge in [-0.3, -0.25) is 0 Å². The van der Waals surface area contributed by atoms with E-state index in [4.69, 9.17) is 0 Å². The molecule has 0 N–H and O–H groups in total. The maximum absolute atomic E-state index is 12.4. The minimum atomic E-state index is -5.17. The van der Waals surface area contributed by atoms with Crippen LogP contribution in [0, 0.1) is 3.57 Å². The predicted molar refractivity (Wildman–Crippen MR) is 53.5 cm³/mol. The van der Waals surface area contributed by atoms with Crippen molar-refractivity contribution in [3.05, 3.63) is 21.0 Å². The van der Waals surface area contributed by atoms with Crippen molar-refractivity contribution in [2.75, 3.05) is 0 Å². The zero-order valence-corrected chi connectivity index (χ0v) is 10.3. The van der Waals surface area contributed by atoms with Gasteiger partial charge in [-0.05, 0) is 22.6 Å². The third kappa shape index (κ3) is 3.85. The summed E-state index contributed by atoms with van der Waals surface area (Å²) in [6.07, 6.45) is -10.2. The van der Waals surface area contributed by atoms with Crippen LogP contribution in [-0.4, -0.2) is 11.3 Å². The van der Waals surface area contributed by atoms with Gasteiger partial charge >= 0.3 is 12.5 Å². The largest absolute Gasteiger partial charge is 0.573 e. The Morgan fingerprint density at radius 1 is 1.17 bits per heavy atom. The standard InChI is InChI=1S/C8H3F7INO/c9-2-3-6(16)4(18-8(13,14)15)1-5(17-3)7(10,11)12/h1H,2H2. The topological polar surface area (TPSA) is 22.1 Å². The summed E-state index contributed by atoms with van der Waals surface area (Å²) in [6.45, 7) is -1.43. The highest BCUT2D eigenvalue weighted by Crippen LogP contribution is 2.35. The molecule has 0 aliphatic carbocycles. The summed E-state index contributed by atoms with van der Waals surface area (Å²) in [5, 5.41) is 0. The molecule has 0 aromatic carbocycles. The lowest BCUT2D eigenvalue weighted by atomic mass is 10.3. The number of nitrogens with zero attached hydrogens (tertiary/aromatic N) is 1. The molecule has 102 valence electrons. The van der Waals surface area contributed by atoms with Gasteiger partial charge in [0.2, 0.25) is 0 Å². The summed E-state index contributed by atoms with van der Waals surface area (Å²) in [5.74, 6) is -1.13. The van der Waals surface area contributed by atoms with Crippen molar-refractivity contribution in [2.24, 2.45) is 0 Å². The first-order valence-electron chi connectivity index (χ1n) is 4.13. The average Bonchev–Trinajstić information content (AvgIpc) is 2.17. The third-order valence-corrected chi connectivity index (χ3v) is 2.79. The number of ether oxygens (including phenoxy) is 1. The Bertz CT molecular complexity index is 442. The summed E-state index contributed by atoms with van der Waals surface area (Å²) < 4.78 is 88.2. The SMILES string of the molecule is FCc1nc(C(F)(F)F)cc(OC(F)(F)F)c1I. The van der Waals surface area contributed by atoms with Gasteiger partial charge in [0.25, 0.3) is 0 Å². The second-order valence-electron chi connectivity index (χ2n) is 2.95. The molecular weight excluding hydrogens is 386 g/mol. The number of hydrogen-bond acceptors (Lipinski definition) is 2. The molecule has 1 rings (SSSR count). The van der Waals surface area contributed by atoms with Gasteiger partial charge in [0.05, 0.1) is 9.26 Å². The lowest BCUT2D eigenvalue weighted by Crippen LogP contribution is -2.20. The molecule has 0 aliphatic rings. The van der Waals surface area contributed by atoms with Gasteiger partial charge in [0.15, 0.2) is 0 Å². The summed E-state index contributed by atoms with van der Waals surface area (Å²) in [4.78, 5) is 2.90. The Hall–Kier alpha value is -0.810. The highest BCUT2D eigenvalue weighted by atomic mass is 127. The monoisotopic (exact) mass is 389 g/mol. The Morgan fingerprint density at radius 2 is 1.72 bits per heavy atom. The molecule has 18 heavy (non-hydrogen) atoms. The second kappa shape index (κ2) is 5.05. The summed E-state index contributed by atoms with van der Waals surface area (Å²) in [7, 11) is 0. The first-order chi connectivity index (χ1) is 8.04. The van der Waals surface area contributed by atoms with Gasteiger partial charge in [-0.25, -0.2) is 9.37 Å². The van der Waals surface area contributed by atoms with Crippen LogP contribution in [0.2, 0.25) is 0 Å². The maximum atomic E-state index is 12.4. The van der Waals surface area contributed by atoms with Crippen LogP contribution in [0.3, 0.4) is 0 Å². The van der Waals surface area contributed by atoms with Crippen molar-refractivity contribution in [3.8, 4) is 5.75 Å². The van der Waals surface area contributed by atoms with Crippen molar-refractivity contribution in [1.29, 1.82) is 0 Å². The molecule has 0 aliphatic heterocycles. The summed E-state index contributed by atoms with van der Waals surface area (Å²) in [6, 6.07) is 0.0778. The molecule has 1 aromatic heterocycles. The fourth-order valence-electron chi connectivity index (χ4n) is 0.989. The molecule has 0 atom stereocenters. The van der Waals surface area contributed by atoms with Crippen molar-refractivity contribution >= 4 is 22.6 Å². The second-order valence-corrected chi connectivity index (χ2v) is 4.02. The van der Waals surface area contributed by atoms with E-state index in [-0.39, 0.29) is 6.07 Å². The van der Waals surface area contributed by atoms with E-state index in [0.29, 0.717) is 0 Å². The lowest BCUT2D eigenvalue weighted by Gasteiger charge is -2.14. The van der Waals surface area contributed by atoms with Crippen LogP contribution < -0.4 is 4.74 Å². The number of halogens is 8. The molecule has 0 bridgehead atoms. The van der Waals surface area contributed by atoms with E-state index in [1.165, 1.54) is 22.6 Å². The molecule has 10 heteroatoms. The van der Waals surface area contributed by atoms with Crippen LogP contribution in [0.5, 0.6) is 5.75 Å². The maximum Gasteiger partial charge on any atom is 0.573 e. The number of hydrogen-bond donors (Lipinski definition) is 0. The van der Waals surface area contributed by atoms with Crippen LogP contribution in [0.1, 0.15) is 11.4 Å². The first kappa shape index (κ1) is 15.2. The van der Waals surface area contributed by atoms with Gasteiger partial charge in [-0.1, -0.05) is 0 Å². The Labute approximate surface area is 109 Å². The zero-order valence-electron chi connectivity index (χ0n) is 8.16. The van der Waals surface area contributed by atoms with E-state index < -0.39 is 39.9 Å². The summed E-state index contributed by atoms with van der Waals surface area (Å²) >= 11 is 1.23. The van der Waals surface area contributed by atoms with E-state index in [1.807, 2.05) is 0 Å². The Balaban J connectivity index is 3.32. The smallest absolute Gasteiger partial charge is 0.405 e. The van der Waals surface area contributed by atoms with Gasteiger partial charge in [-0.2, -0.15) is 13.2 Å². The first-order valence-corrected chi connectivity index (χ1v) is 5.21. The number of aromatic nitrogens is 1. The molecular formula is C8H3F7INO. The van der Waals surface area contributed by atoms with Crippen LogP contribution in [-0.2, 0) is 12.9 Å². The average molecular weight is 389 g/mol. The van der Waals surface area contributed by atoms with E-state index >= 15 is 0 Å². The van der Waals surface area contributed by atoms with Crippen molar-refractivity contribution in [3.63, 3.8) is 0 Å². The summed E-state index contributed by atoms with van der Waals surface area (Å²) in [5.41, 5.74) is -2.40. The number of alkyl halides is 7. The van der Waals surface area contributed by atoms with Gasteiger partial charge in [-0.15, -0.1) is 13.2 Å². The molecule has 0 unspecified atom stereocenters. The molecule has 1 heterocycles. The normalized spacial score (nSPS) is 12.7. The zero-order chi connectivity index (χ0) is 14.1. The quantitative estimate of drug-likeness (QED) is 0.562. The molecule has 0 saturated carbocycles. The van der Waals surface area contributed by atoms with Crippen LogP contribution in [0.15, 0.2) is 6.07 Å². The fourth-order valence-corrected chi connectivity index (χ4v) is 1.52. The van der Waals surface area contributed by atoms with E-state index in [0.717, 1.165) is 0 Å². The van der Waals surface area contributed by atoms with Crippen LogP contribution >= 0.6 is 22.6 Å².